The van der Waals surface area contributed by atoms with E-state index in [9.17, 15) is 4.79 Å². The average Bonchev–Trinajstić information content (AvgIpc) is 2.52. The first kappa shape index (κ1) is 16.9. The summed E-state index contributed by atoms with van der Waals surface area (Å²) in [5.41, 5.74) is 1.21. The van der Waals surface area contributed by atoms with Crippen molar-refractivity contribution < 1.29 is 19.0 Å². The number of likely N-dealkylation sites (tertiary alicyclic amines) is 1. The highest BCUT2D eigenvalue weighted by Gasteiger charge is 2.31. The summed E-state index contributed by atoms with van der Waals surface area (Å²) < 4.78 is 15.4. The maximum Gasteiger partial charge on any atom is 0.508 e. The van der Waals surface area contributed by atoms with Crippen LogP contribution in [-0.4, -0.2) is 55.9 Å². The topological polar surface area (TPSA) is 48.0 Å². The van der Waals surface area contributed by atoms with Crippen molar-refractivity contribution in [2.45, 2.75) is 24.8 Å². The zero-order valence-electron chi connectivity index (χ0n) is 13.0. The fraction of sp³-hybridized carbons (Fsp3) is 0.562. The molecule has 0 saturated carbocycles. The van der Waals surface area contributed by atoms with Gasteiger partial charge in [-0.1, -0.05) is 17.7 Å². The second-order valence-corrected chi connectivity index (χ2v) is 5.94. The van der Waals surface area contributed by atoms with Gasteiger partial charge >= 0.3 is 6.16 Å². The molecule has 22 heavy (non-hydrogen) atoms. The Kier molecular flexibility index (Phi) is 6.34. The monoisotopic (exact) mass is 327 g/mol. The van der Waals surface area contributed by atoms with E-state index < -0.39 is 6.16 Å². The van der Waals surface area contributed by atoms with Gasteiger partial charge in [-0.3, -0.25) is 4.90 Å². The molecule has 1 aromatic rings. The Morgan fingerprint density at radius 3 is 2.77 bits per heavy atom. The molecule has 1 aromatic carbocycles. The summed E-state index contributed by atoms with van der Waals surface area (Å²) in [5, 5.41) is -0.173. The maximum atomic E-state index is 11.2. The van der Waals surface area contributed by atoms with Crippen LogP contribution in [0.2, 0.25) is 0 Å². The first-order valence-corrected chi connectivity index (χ1v) is 7.82. The summed E-state index contributed by atoms with van der Waals surface area (Å²) in [6.45, 7) is 4.86. The molecule has 0 spiro atoms. The summed E-state index contributed by atoms with van der Waals surface area (Å²) in [7, 11) is 1.29. The molecule has 0 amide bonds. The minimum absolute atomic E-state index is 0.173. The van der Waals surface area contributed by atoms with Crippen LogP contribution >= 0.6 is 11.6 Å². The highest BCUT2D eigenvalue weighted by Crippen LogP contribution is 2.20. The number of alkyl halides is 1. The third-order valence-corrected chi connectivity index (χ3v) is 4.17. The molecule has 2 atom stereocenters. The summed E-state index contributed by atoms with van der Waals surface area (Å²) in [6.07, 6.45) is -0.260. The Morgan fingerprint density at radius 2 is 2.09 bits per heavy atom. The number of nitrogens with zero attached hydrogens (tertiary/aromatic N) is 1. The van der Waals surface area contributed by atoms with E-state index in [-0.39, 0.29) is 11.5 Å². The molecule has 0 N–H and O–H groups in total. The van der Waals surface area contributed by atoms with Crippen molar-refractivity contribution >= 4 is 17.8 Å². The molecule has 1 aliphatic heterocycles. The molecule has 1 heterocycles. The predicted molar refractivity (Wildman–Crippen MR) is 84.7 cm³/mol. The summed E-state index contributed by atoms with van der Waals surface area (Å²) in [4.78, 5) is 13.4. The Bertz CT molecular complexity index is 480. The number of benzene rings is 1. The number of halogens is 1. The molecule has 2 unspecified atom stereocenters. The smallest absolute Gasteiger partial charge is 0.492 e. The van der Waals surface area contributed by atoms with Crippen LogP contribution in [-0.2, 0) is 9.47 Å². The van der Waals surface area contributed by atoms with Crippen LogP contribution in [0.4, 0.5) is 4.79 Å². The predicted octanol–water partition coefficient (Wildman–Crippen LogP) is 2.84. The Balaban J connectivity index is 1.75. The van der Waals surface area contributed by atoms with Crippen LogP contribution in [0.5, 0.6) is 5.75 Å². The third kappa shape index (κ3) is 5.07. The highest BCUT2D eigenvalue weighted by atomic mass is 35.5. The second kappa shape index (κ2) is 8.25. The minimum atomic E-state index is -0.687. The minimum Gasteiger partial charge on any atom is -0.492 e. The van der Waals surface area contributed by atoms with Crippen molar-refractivity contribution in [3.8, 4) is 5.75 Å². The summed E-state index contributed by atoms with van der Waals surface area (Å²) in [5.74, 6) is 0.861. The molecule has 6 heteroatoms. The van der Waals surface area contributed by atoms with Gasteiger partial charge in [-0.2, -0.15) is 0 Å². The fourth-order valence-corrected chi connectivity index (χ4v) is 2.59. The van der Waals surface area contributed by atoms with Gasteiger partial charge in [0.25, 0.3) is 0 Å². The largest absolute Gasteiger partial charge is 0.508 e. The van der Waals surface area contributed by atoms with Gasteiger partial charge in [0.15, 0.2) is 0 Å². The lowest BCUT2D eigenvalue weighted by molar-refractivity contribution is 0.00407. The normalized spacial score (nSPS) is 22.1. The van der Waals surface area contributed by atoms with Crippen molar-refractivity contribution in [1.29, 1.82) is 0 Å². The SMILES string of the molecule is COC(=O)OC1CN(CCOc2ccc(C)cc2)CCC1Cl. The van der Waals surface area contributed by atoms with Crippen molar-refractivity contribution in [1.82, 2.24) is 4.90 Å². The zero-order chi connectivity index (χ0) is 15.9. The van der Waals surface area contributed by atoms with Gasteiger partial charge in [0.1, 0.15) is 18.5 Å². The molecule has 0 aliphatic carbocycles. The number of hydrogen-bond acceptors (Lipinski definition) is 5. The number of carbonyl (C=O) groups excluding carboxylic acids is 1. The third-order valence-electron chi connectivity index (χ3n) is 3.67. The van der Waals surface area contributed by atoms with Gasteiger partial charge in [0.2, 0.25) is 0 Å². The molecule has 1 fully saturated rings. The highest BCUT2D eigenvalue weighted by molar-refractivity contribution is 6.21. The van der Waals surface area contributed by atoms with E-state index in [4.69, 9.17) is 21.1 Å². The molecule has 1 saturated heterocycles. The molecule has 1 aliphatic rings. The van der Waals surface area contributed by atoms with Crippen LogP contribution in [0.3, 0.4) is 0 Å². The molecule has 5 nitrogen and oxygen atoms in total. The van der Waals surface area contributed by atoms with Gasteiger partial charge in [0.05, 0.1) is 12.5 Å². The van der Waals surface area contributed by atoms with Gasteiger partial charge in [-0.05, 0) is 32.0 Å². The van der Waals surface area contributed by atoms with Crippen LogP contribution in [0, 0.1) is 6.92 Å². The standard InChI is InChI=1S/C16H22ClNO4/c1-12-3-5-13(6-4-12)21-10-9-18-8-7-14(17)15(11-18)22-16(19)20-2/h3-6,14-15H,7-11H2,1-2H3. The lowest BCUT2D eigenvalue weighted by Gasteiger charge is -2.34. The van der Waals surface area contributed by atoms with Gasteiger partial charge < -0.3 is 14.2 Å². The molecule has 0 radical (unpaired) electrons. The van der Waals surface area contributed by atoms with Crippen LogP contribution in [0.25, 0.3) is 0 Å². The van der Waals surface area contributed by atoms with Crippen molar-refractivity contribution in [2.24, 2.45) is 0 Å². The van der Waals surface area contributed by atoms with E-state index in [1.807, 2.05) is 31.2 Å². The lowest BCUT2D eigenvalue weighted by atomic mass is 10.1. The summed E-state index contributed by atoms with van der Waals surface area (Å²) in [6, 6.07) is 7.97. The second-order valence-electron chi connectivity index (χ2n) is 5.38. The van der Waals surface area contributed by atoms with E-state index in [0.29, 0.717) is 13.2 Å². The average molecular weight is 328 g/mol. The van der Waals surface area contributed by atoms with E-state index in [1.165, 1.54) is 12.7 Å². The van der Waals surface area contributed by atoms with Crippen LogP contribution in [0.15, 0.2) is 24.3 Å². The first-order chi connectivity index (χ1) is 10.6. The fourth-order valence-electron chi connectivity index (χ4n) is 2.36. The van der Waals surface area contributed by atoms with E-state index in [0.717, 1.165) is 25.3 Å². The Hall–Kier alpha value is -1.46. The molecule has 122 valence electrons. The van der Waals surface area contributed by atoms with Gasteiger partial charge in [0, 0.05) is 13.1 Å². The van der Waals surface area contributed by atoms with Gasteiger partial charge in [-0.25, -0.2) is 4.79 Å². The molecule has 0 bridgehead atoms. The van der Waals surface area contributed by atoms with Crippen LogP contribution in [0.1, 0.15) is 12.0 Å². The quantitative estimate of drug-likeness (QED) is 0.615. The van der Waals surface area contributed by atoms with Crippen molar-refractivity contribution in [3.63, 3.8) is 0 Å². The molecule has 2 rings (SSSR count). The molecule has 0 aromatic heterocycles. The zero-order valence-corrected chi connectivity index (χ0v) is 13.7. The van der Waals surface area contributed by atoms with Gasteiger partial charge in [-0.15, -0.1) is 11.6 Å². The van der Waals surface area contributed by atoms with E-state index >= 15 is 0 Å². The van der Waals surface area contributed by atoms with Crippen molar-refractivity contribution in [3.05, 3.63) is 29.8 Å². The number of methoxy groups -OCH3 is 1. The number of ether oxygens (including phenoxy) is 3. The number of rotatable bonds is 5. The maximum absolute atomic E-state index is 11.2. The van der Waals surface area contributed by atoms with Crippen LogP contribution < -0.4 is 4.74 Å². The molecular weight excluding hydrogens is 306 g/mol. The number of hydrogen-bond donors (Lipinski definition) is 0. The Labute approximate surface area is 136 Å². The number of piperidine rings is 1. The Morgan fingerprint density at radius 1 is 1.36 bits per heavy atom. The number of aryl methyl sites for hydroxylation is 1. The summed E-state index contributed by atoms with van der Waals surface area (Å²) >= 11 is 6.20. The lowest BCUT2D eigenvalue weighted by Crippen LogP contribution is -2.47. The molecular formula is C16H22ClNO4. The van der Waals surface area contributed by atoms with E-state index in [1.54, 1.807) is 0 Å². The number of carbonyl (C=O) groups is 1. The first-order valence-electron chi connectivity index (χ1n) is 7.39. The van der Waals surface area contributed by atoms with Crippen molar-refractivity contribution in [2.75, 3.05) is 33.4 Å². The van der Waals surface area contributed by atoms with E-state index in [2.05, 4.69) is 9.64 Å².